The Balaban J connectivity index is 1.53. The normalized spacial score (nSPS) is 15.4. The number of hydrogen-bond donors (Lipinski definition) is 1. The minimum absolute atomic E-state index is 0.0357. The van der Waals surface area contributed by atoms with Gasteiger partial charge in [0.2, 0.25) is 5.91 Å². The predicted octanol–water partition coefficient (Wildman–Crippen LogP) is 2.60. The van der Waals surface area contributed by atoms with Gasteiger partial charge >= 0.3 is 0 Å². The lowest BCUT2D eigenvalue weighted by molar-refractivity contribution is -0.121. The molecule has 0 radical (unpaired) electrons. The van der Waals surface area contributed by atoms with E-state index >= 15 is 0 Å². The Kier molecular flexibility index (Phi) is 6.55. The topological polar surface area (TPSA) is 73.2 Å². The number of thioether (sulfide) groups is 1. The molecule has 1 aromatic heterocycles. The molecular formula is C20H25N3O3S. The van der Waals surface area contributed by atoms with Gasteiger partial charge in [-0.2, -0.15) is 0 Å². The molecule has 7 heteroatoms. The maximum absolute atomic E-state index is 12.4. The molecule has 1 unspecified atom stereocenters. The molecule has 0 fully saturated rings. The zero-order valence-corrected chi connectivity index (χ0v) is 16.6. The van der Waals surface area contributed by atoms with Crippen molar-refractivity contribution in [1.29, 1.82) is 0 Å². The van der Waals surface area contributed by atoms with Crippen LogP contribution in [0.4, 0.5) is 0 Å². The van der Waals surface area contributed by atoms with Gasteiger partial charge < -0.3 is 10.1 Å². The SMILES string of the molecule is CCCc1cc(=O)n2c(n1)SCC2CC(=O)NCCc1ccc(OC)cc1. The monoisotopic (exact) mass is 387 g/mol. The standard InChI is InChI=1S/C20H25N3O3S/c1-3-4-15-11-19(25)23-16(13-27-20(23)22-15)12-18(24)21-10-9-14-5-7-17(26-2)8-6-14/h5-8,11,16H,3-4,9-10,12-13H2,1-2H3,(H,21,24). The minimum Gasteiger partial charge on any atom is -0.497 e. The molecule has 1 aliphatic heterocycles. The van der Waals surface area contributed by atoms with Crippen LogP contribution < -0.4 is 15.6 Å². The van der Waals surface area contributed by atoms with E-state index in [-0.39, 0.29) is 17.5 Å². The van der Waals surface area contributed by atoms with Crippen LogP contribution in [0.15, 0.2) is 40.3 Å². The summed E-state index contributed by atoms with van der Waals surface area (Å²) in [7, 11) is 1.64. The number of hydrogen-bond acceptors (Lipinski definition) is 5. The van der Waals surface area contributed by atoms with Crippen molar-refractivity contribution in [3.63, 3.8) is 0 Å². The number of fused-ring (bicyclic) bond motifs is 1. The minimum atomic E-state index is -0.123. The first kappa shape index (κ1) is 19.5. The number of aryl methyl sites for hydroxylation is 1. The molecule has 0 spiro atoms. The average Bonchev–Trinajstić information content (AvgIpc) is 3.05. The summed E-state index contributed by atoms with van der Waals surface area (Å²) in [4.78, 5) is 29.3. The van der Waals surface area contributed by atoms with Crippen molar-refractivity contribution >= 4 is 17.7 Å². The van der Waals surface area contributed by atoms with E-state index in [1.54, 1.807) is 29.5 Å². The van der Waals surface area contributed by atoms with Gasteiger partial charge in [0.25, 0.3) is 5.56 Å². The highest BCUT2D eigenvalue weighted by Crippen LogP contribution is 2.32. The number of nitrogens with zero attached hydrogens (tertiary/aromatic N) is 2. The van der Waals surface area contributed by atoms with Gasteiger partial charge in [-0.25, -0.2) is 4.98 Å². The molecule has 27 heavy (non-hydrogen) atoms. The third kappa shape index (κ3) is 4.91. The lowest BCUT2D eigenvalue weighted by atomic mass is 10.1. The van der Waals surface area contributed by atoms with Crippen molar-refractivity contribution in [2.45, 2.75) is 43.8 Å². The number of methoxy groups -OCH3 is 1. The van der Waals surface area contributed by atoms with E-state index in [0.29, 0.717) is 18.7 Å². The van der Waals surface area contributed by atoms with Crippen LogP contribution in [0.3, 0.4) is 0 Å². The Hall–Kier alpha value is -2.28. The lowest BCUT2D eigenvalue weighted by Crippen LogP contribution is -2.31. The fraction of sp³-hybridized carbons (Fsp3) is 0.450. The zero-order chi connectivity index (χ0) is 19.2. The van der Waals surface area contributed by atoms with Gasteiger partial charge in [-0.1, -0.05) is 37.2 Å². The summed E-state index contributed by atoms with van der Waals surface area (Å²) < 4.78 is 6.81. The summed E-state index contributed by atoms with van der Waals surface area (Å²) in [5.74, 6) is 1.50. The van der Waals surface area contributed by atoms with E-state index in [0.717, 1.165) is 41.4 Å². The second kappa shape index (κ2) is 9.08. The van der Waals surface area contributed by atoms with Crippen LogP contribution in [0.1, 0.15) is 37.1 Å². The molecule has 0 bridgehead atoms. The number of nitrogens with one attached hydrogen (secondary N) is 1. The van der Waals surface area contributed by atoms with Crippen LogP contribution >= 0.6 is 11.8 Å². The van der Waals surface area contributed by atoms with Crippen molar-refractivity contribution in [3.05, 3.63) is 51.9 Å². The number of carbonyl (C=O) groups is 1. The largest absolute Gasteiger partial charge is 0.497 e. The van der Waals surface area contributed by atoms with E-state index in [1.807, 2.05) is 24.3 Å². The third-order valence-corrected chi connectivity index (χ3v) is 5.66. The van der Waals surface area contributed by atoms with Gasteiger partial charge in [-0.05, 0) is 30.5 Å². The number of benzene rings is 1. The summed E-state index contributed by atoms with van der Waals surface area (Å²) in [6, 6.07) is 9.29. The summed E-state index contributed by atoms with van der Waals surface area (Å²) >= 11 is 1.56. The molecule has 1 aromatic carbocycles. The highest BCUT2D eigenvalue weighted by Gasteiger charge is 2.27. The quantitative estimate of drug-likeness (QED) is 0.705. The molecule has 1 N–H and O–H groups in total. The first-order chi connectivity index (χ1) is 13.1. The second-order valence-electron chi connectivity index (χ2n) is 6.61. The van der Waals surface area contributed by atoms with E-state index in [2.05, 4.69) is 17.2 Å². The van der Waals surface area contributed by atoms with Crippen molar-refractivity contribution in [2.75, 3.05) is 19.4 Å². The lowest BCUT2D eigenvalue weighted by Gasteiger charge is -2.13. The van der Waals surface area contributed by atoms with Crippen LogP contribution in [0.5, 0.6) is 5.75 Å². The van der Waals surface area contributed by atoms with E-state index in [4.69, 9.17) is 4.74 Å². The molecule has 1 atom stereocenters. The van der Waals surface area contributed by atoms with Crippen molar-refractivity contribution in [2.24, 2.45) is 0 Å². The molecule has 2 aromatic rings. The maximum Gasteiger partial charge on any atom is 0.254 e. The fourth-order valence-electron chi connectivity index (χ4n) is 3.16. The van der Waals surface area contributed by atoms with Gasteiger partial charge in [0.1, 0.15) is 5.75 Å². The second-order valence-corrected chi connectivity index (χ2v) is 7.59. The molecule has 0 aliphatic carbocycles. The first-order valence-electron chi connectivity index (χ1n) is 9.25. The maximum atomic E-state index is 12.4. The number of ether oxygens (including phenoxy) is 1. The van der Waals surface area contributed by atoms with E-state index in [1.165, 1.54) is 0 Å². The Bertz CT molecular complexity index is 849. The molecule has 0 saturated carbocycles. The summed E-state index contributed by atoms with van der Waals surface area (Å²) in [6.45, 7) is 2.64. The Labute approximate surface area is 163 Å². The molecular weight excluding hydrogens is 362 g/mol. The molecule has 1 aliphatic rings. The number of rotatable bonds is 8. The van der Waals surface area contributed by atoms with Gasteiger partial charge in [0, 0.05) is 30.5 Å². The number of aromatic nitrogens is 2. The fourth-order valence-corrected chi connectivity index (χ4v) is 4.33. The number of amides is 1. The van der Waals surface area contributed by atoms with Crippen LogP contribution in [0, 0.1) is 0 Å². The van der Waals surface area contributed by atoms with Crippen molar-refractivity contribution in [1.82, 2.24) is 14.9 Å². The van der Waals surface area contributed by atoms with Gasteiger partial charge in [0.15, 0.2) is 5.16 Å². The van der Waals surface area contributed by atoms with Crippen molar-refractivity contribution < 1.29 is 9.53 Å². The average molecular weight is 388 g/mol. The van der Waals surface area contributed by atoms with Crippen LogP contribution in [-0.4, -0.2) is 34.9 Å². The summed E-state index contributed by atoms with van der Waals surface area (Å²) in [5, 5.41) is 3.69. The third-order valence-electron chi connectivity index (χ3n) is 4.56. The highest BCUT2D eigenvalue weighted by atomic mass is 32.2. The Morgan fingerprint density at radius 1 is 1.33 bits per heavy atom. The molecule has 144 valence electrons. The molecule has 6 nitrogen and oxygen atoms in total. The van der Waals surface area contributed by atoms with E-state index < -0.39 is 0 Å². The Morgan fingerprint density at radius 3 is 2.81 bits per heavy atom. The Morgan fingerprint density at radius 2 is 2.11 bits per heavy atom. The molecule has 2 heterocycles. The van der Waals surface area contributed by atoms with Crippen LogP contribution in [0.25, 0.3) is 0 Å². The van der Waals surface area contributed by atoms with Crippen LogP contribution in [0.2, 0.25) is 0 Å². The molecule has 0 saturated heterocycles. The van der Waals surface area contributed by atoms with E-state index in [9.17, 15) is 9.59 Å². The van der Waals surface area contributed by atoms with Gasteiger partial charge in [-0.3, -0.25) is 14.2 Å². The summed E-state index contributed by atoms with van der Waals surface area (Å²) in [5.41, 5.74) is 1.93. The summed E-state index contributed by atoms with van der Waals surface area (Å²) in [6.07, 6.45) is 2.83. The molecule has 1 amide bonds. The van der Waals surface area contributed by atoms with Gasteiger partial charge in [0.05, 0.1) is 13.2 Å². The first-order valence-corrected chi connectivity index (χ1v) is 10.2. The highest BCUT2D eigenvalue weighted by molar-refractivity contribution is 7.99. The smallest absolute Gasteiger partial charge is 0.254 e. The zero-order valence-electron chi connectivity index (χ0n) is 15.7. The van der Waals surface area contributed by atoms with Crippen LogP contribution in [-0.2, 0) is 17.6 Å². The number of carbonyl (C=O) groups excluding carboxylic acids is 1. The van der Waals surface area contributed by atoms with Crippen molar-refractivity contribution in [3.8, 4) is 5.75 Å². The van der Waals surface area contributed by atoms with Gasteiger partial charge in [-0.15, -0.1) is 0 Å². The molecule has 3 rings (SSSR count). The predicted molar refractivity (Wildman–Crippen MR) is 107 cm³/mol.